The zero-order valence-corrected chi connectivity index (χ0v) is 14.4. The molecule has 1 heterocycles. The summed E-state index contributed by atoms with van der Waals surface area (Å²) in [7, 11) is 1.75. The van der Waals surface area contributed by atoms with Crippen LogP contribution in [0.25, 0.3) is 0 Å². The van der Waals surface area contributed by atoms with E-state index in [1.807, 2.05) is 6.92 Å². The summed E-state index contributed by atoms with van der Waals surface area (Å²) >= 11 is 6.45. The van der Waals surface area contributed by atoms with E-state index in [2.05, 4.69) is 42.3 Å². The highest BCUT2D eigenvalue weighted by Crippen LogP contribution is 2.37. The first-order chi connectivity index (χ1) is 9.70. The van der Waals surface area contributed by atoms with Crippen molar-refractivity contribution in [2.45, 2.75) is 19.6 Å². The fraction of sp³-hybridized carbons (Fsp3) is 0.308. The van der Waals surface area contributed by atoms with Gasteiger partial charge in [-0.25, -0.2) is 0 Å². The molecule has 114 valence electrons. The number of anilines is 1. The van der Waals surface area contributed by atoms with Gasteiger partial charge in [-0.15, -0.1) is 0 Å². The largest absolute Gasteiger partial charge is 0.418 e. The number of aromatic nitrogens is 2. The third-order valence-electron chi connectivity index (χ3n) is 2.99. The third kappa shape index (κ3) is 3.60. The predicted octanol–water partition coefficient (Wildman–Crippen LogP) is 4.88. The van der Waals surface area contributed by atoms with Gasteiger partial charge in [-0.05, 0) is 41.1 Å². The number of nitrogens with one attached hydrogen (secondary N) is 1. The first kappa shape index (κ1) is 16.4. The van der Waals surface area contributed by atoms with Crippen molar-refractivity contribution in [3.8, 4) is 0 Å². The van der Waals surface area contributed by atoms with Crippen molar-refractivity contribution < 1.29 is 13.2 Å². The first-order valence-electron chi connectivity index (χ1n) is 5.98. The lowest BCUT2D eigenvalue weighted by Gasteiger charge is -2.15. The quantitative estimate of drug-likeness (QED) is 0.757. The fourth-order valence-corrected chi connectivity index (χ4v) is 2.79. The van der Waals surface area contributed by atoms with Gasteiger partial charge in [0.05, 0.1) is 28.0 Å². The molecular formula is C13H12Br2F3N3. The summed E-state index contributed by atoms with van der Waals surface area (Å²) in [5, 5.41) is 7.03. The minimum absolute atomic E-state index is 0.0384. The van der Waals surface area contributed by atoms with E-state index in [0.29, 0.717) is 4.47 Å². The lowest BCUT2D eigenvalue weighted by atomic mass is 10.1. The zero-order valence-electron chi connectivity index (χ0n) is 11.2. The molecule has 0 aliphatic rings. The van der Waals surface area contributed by atoms with Crippen molar-refractivity contribution in [1.82, 2.24) is 9.78 Å². The monoisotopic (exact) mass is 425 g/mol. The maximum Gasteiger partial charge on any atom is 0.418 e. The second kappa shape index (κ2) is 6.00. The van der Waals surface area contributed by atoms with Crippen molar-refractivity contribution in [2.24, 2.45) is 7.05 Å². The molecule has 0 fully saturated rings. The lowest BCUT2D eigenvalue weighted by molar-refractivity contribution is -0.137. The van der Waals surface area contributed by atoms with Gasteiger partial charge in [-0.2, -0.15) is 18.3 Å². The average Bonchev–Trinajstić information content (AvgIpc) is 2.61. The van der Waals surface area contributed by atoms with Crippen LogP contribution in [0.3, 0.4) is 0 Å². The summed E-state index contributed by atoms with van der Waals surface area (Å²) in [5.41, 5.74) is 0.910. The summed E-state index contributed by atoms with van der Waals surface area (Å²) in [6, 6.07) is 4.04. The molecule has 1 aromatic heterocycles. The van der Waals surface area contributed by atoms with Crippen LogP contribution in [0.15, 0.2) is 27.1 Å². The Balaban J connectivity index is 2.28. The molecule has 21 heavy (non-hydrogen) atoms. The van der Waals surface area contributed by atoms with E-state index in [-0.39, 0.29) is 12.2 Å². The van der Waals surface area contributed by atoms with Crippen LogP contribution in [-0.4, -0.2) is 9.78 Å². The van der Waals surface area contributed by atoms with Gasteiger partial charge in [0.2, 0.25) is 0 Å². The minimum atomic E-state index is -4.41. The number of nitrogens with zero attached hydrogens (tertiary/aromatic N) is 2. The third-order valence-corrected chi connectivity index (χ3v) is 4.52. The Morgan fingerprint density at radius 2 is 1.95 bits per heavy atom. The summed E-state index contributed by atoms with van der Waals surface area (Å²) in [4.78, 5) is 0. The second-order valence-corrected chi connectivity index (χ2v) is 6.22. The van der Waals surface area contributed by atoms with E-state index >= 15 is 0 Å². The fourth-order valence-electron chi connectivity index (χ4n) is 1.96. The van der Waals surface area contributed by atoms with Crippen LogP contribution in [0.5, 0.6) is 0 Å². The van der Waals surface area contributed by atoms with Gasteiger partial charge >= 0.3 is 6.18 Å². The highest BCUT2D eigenvalue weighted by molar-refractivity contribution is 9.10. The molecule has 0 amide bonds. The topological polar surface area (TPSA) is 29.9 Å². The van der Waals surface area contributed by atoms with E-state index < -0.39 is 11.7 Å². The van der Waals surface area contributed by atoms with Crippen molar-refractivity contribution in [2.75, 3.05) is 5.32 Å². The average molecular weight is 427 g/mol. The molecule has 8 heteroatoms. The van der Waals surface area contributed by atoms with Gasteiger partial charge in [0.15, 0.2) is 0 Å². The highest BCUT2D eigenvalue weighted by atomic mass is 79.9. The Hall–Kier alpha value is -1.02. The second-order valence-electron chi connectivity index (χ2n) is 4.51. The molecule has 0 aliphatic carbocycles. The molecule has 1 aromatic carbocycles. The number of rotatable bonds is 3. The van der Waals surface area contributed by atoms with Crippen molar-refractivity contribution in [3.05, 3.63) is 44.1 Å². The normalized spacial score (nSPS) is 11.8. The maximum absolute atomic E-state index is 13.0. The predicted molar refractivity (Wildman–Crippen MR) is 82.1 cm³/mol. The molecule has 2 rings (SSSR count). The molecule has 0 atom stereocenters. The number of hydrogen-bond donors (Lipinski definition) is 1. The number of hydrogen-bond acceptors (Lipinski definition) is 2. The molecule has 0 spiro atoms. The van der Waals surface area contributed by atoms with Gasteiger partial charge in [0, 0.05) is 17.2 Å². The van der Waals surface area contributed by atoms with Gasteiger partial charge in [-0.1, -0.05) is 15.9 Å². The number of halogens is 5. The molecule has 0 saturated carbocycles. The van der Waals surface area contributed by atoms with Gasteiger partial charge in [0.1, 0.15) is 0 Å². The Labute approximate surface area is 136 Å². The highest BCUT2D eigenvalue weighted by Gasteiger charge is 2.33. The van der Waals surface area contributed by atoms with Crippen LogP contribution >= 0.6 is 31.9 Å². The number of benzene rings is 1. The van der Waals surface area contributed by atoms with Gasteiger partial charge < -0.3 is 5.32 Å². The van der Waals surface area contributed by atoms with E-state index in [1.54, 1.807) is 17.8 Å². The van der Waals surface area contributed by atoms with Gasteiger partial charge in [-0.3, -0.25) is 4.68 Å². The SMILES string of the molecule is Cc1nn(C)c(CNc2ccc(Br)cc2C(F)(F)F)c1Br. The van der Waals surface area contributed by atoms with E-state index in [1.165, 1.54) is 6.07 Å². The zero-order chi connectivity index (χ0) is 15.8. The first-order valence-corrected chi connectivity index (χ1v) is 7.57. The minimum Gasteiger partial charge on any atom is -0.379 e. The molecule has 3 nitrogen and oxygen atoms in total. The smallest absolute Gasteiger partial charge is 0.379 e. The Morgan fingerprint density at radius 1 is 1.29 bits per heavy atom. The molecule has 0 unspecified atom stereocenters. The standard InChI is InChI=1S/C13H12Br2F3N3/c1-7-12(15)11(21(2)20-7)6-19-10-4-3-8(14)5-9(10)13(16,17)18/h3-5,19H,6H2,1-2H3. The molecule has 0 saturated heterocycles. The van der Waals surface area contributed by atoms with E-state index in [4.69, 9.17) is 0 Å². The molecule has 2 aromatic rings. The van der Waals surface area contributed by atoms with Crippen LogP contribution < -0.4 is 5.32 Å². The van der Waals surface area contributed by atoms with Crippen LogP contribution in [0.4, 0.5) is 18.9 Å². The molecular weight excluding hydrogens is 415 g/mol. The van der Waals surface area contributed by atoms with Crippen LogP contribution in [0, 0.1) is 6.92 Å². The lowest BCUT2D eigenvalue weighted by Crippen LogP contribution is -2.12. The number of aryl methyl sites for hydroxylation is 2. The molecule has 0 aliphatic heterocycles. The van der Waals surface area contributed by atoms with Gasteiger partial charge in [0.25, 0.3) is 0 Å². The van der Waals surface area contributed by atoms with Crippen LogP contribution in [-0.2, 0) is 19.8 Å². The Kier molecular flexibility index (Phi) is 4.67. The summed E-state index contributed by atoms with van der Waals surface area (Å²) in [6.45, 7) is 2.07. The van der Waals surface area contributed by atoms with Crippen molar-refractivity contribution >= 4 is 37.5 Å². The van der Waals surface area contributed by atoms with E-state index in [9.17, 15) is 13.2 Å². The van der Waals surface area contributed by atoms with E-state index in [0.717, 1.165) is 21.9 Å². The van der Waals surface area contributed by atoms with Crippen LogP contribution in [0.2, 0.25) is 0 Å². The Bertz CT molecular complexity index is 665. The van der Waals surface area contributed by atoms with Crippen molar-refractivity contribution in [1.29, 1.82) is 0 Å². The number of alkyl halides is 3. The molecule has 0 bridgehead atoms. The molecule has 0 radical (unpaired) electrons. The Morgan fingerprint density at radius 3 is 2.48 bits per heavy atom. The summed E-state index contributed by atoms with van der Waals surface area (Å²) in [5.74, 6) is 0. The van der Waals surface area contributed by atoms with Crippen LogP contribution in [0.1, 0.15) is 17.0 Å². The summed E-state index contributed by atoms with van der Waals surface area (Å²) in [6.07, 6.45) is -4.41. The maximum atomic E-state index is 13.0. The molecule has 1 N–H and O–H groups in total. The summed E-state index contributed by atoms with van der Waals surface area (Å²) < 4.78 is 41.9. The van der Waals surface area contributed by atoms with Crippen molar-refractivity contribution in [3.63, 3.8) is 0 Å².